The van der Waals surface area contributed by atoms with Gasteiger partial charge < -0.3 is 0 Å². The maximum atomic E-state index is 6.20. The molecule has 0 fully saturated rings. The van der Waals surface area contributed by atoms with E-state index in [0.29, 0.717) is 10.0 Å². The number of benzene rings is 2. The third kappa shape index (κ3) is 2.23. The van der Waals surface area contributed by atoms with Gasteiger partial charge in [0.05, 0.1) is 0 Å². The highest BCUT2D eigenvalue weighted by Crippen LogP contribution is 2.32. The maximum Gasteiger partial charge on any atom is 0.0499 e. The molecular formula is C14H12Cl2. The van der Waals surface area contributed by atoms with Crippen LogP contribution in [0.15, 0.2) is 36.4 Å². The Morgan fingerprint density at radius 2 is 1.56 bits per heavy atom. The lowest BCUT2D eigenvalue weighted by Crippen LogP contribution is -1.86. The zero-order valence-electron chi connectivity index (χ0n) is 9.22. The second kappa shape index (κ2) is 4.48. The van der Waals surface area contributed by atoms with Gasteiger partial charge in [-0.1, -0.05) is 53.0 Å². The molecule has 82 valence electrons. The largest absolute Gasteiger partial charge is 0.0843 e. The molecular weight excluding hydrogens is 239 g/mol. The molecule has 0 saturated heterocycles. The lowest BCUT2D eigenvalue weighted by atomic mass is 9.98. The van der Waals surface area contributed by atoms with Crippen molar-refractivity contribution in [3.63, 3.8) is 0 Å². The molecule has 16 heavy (non-hydrogen) atoms. The van der Waals surface area contributed by atoms with Crippen LogP contribution in [0, 0.1) is 13.8 Å². The summed E-state index contributed by atoms with van der Waals surface area (Å²) < 4.78 is 0. The zero-order valence-corrected chi connectivity index (χ0v) is 10.7. The van der Waals surface area contributed by atoms with Gasteiger partial charge in [-0.3, -0.25) is 0 Å². The van der Waals surface area contributed by atoms with Gasteiger partial charge in [0, 0.05) is 15.6 Å². The Morgan fingerprint density at radius 1 is 0.812 bits per heavy atom. The Morgan fingerprint density at radius 3 is 2.25 bits per heavy atom. The molecule has 0 atom stereocenters. The molecule has 2 aromatic rings. The maximum absolute atomic E-state index is 6.20. The minimum atomic E-state index is 0.666. The average molecular weight is 251 g/mol. The fourth-order valence-corrected chi connectivity index (χ4v) is 2.24. The highest BCUT2D eigenvalue weighted by Gasteiger charge is 2.06. The zero-order chi connectivity index (χ0) is 11.7. The van der Waals surface area contributed by atoms with E-state index in [2.05, 4.69) is 32.0 Å². The normalized spacial score (nSPS) is 10.5. The summed E-state index contributed by atoms with van der Waals surface area (Å²) in [5, 5.41) is 1.36. The summed E-state index contributed by atoms with van der Waals surface area (Å²) in [4.78, 5) is 0. The van der Waals surface area contributed by atoms with Crippen LogP contribution in [0.2, 0.25) is 10.0 Å². The Bertz CT molecular complexity index is 530. The standard InChI is InChI=1S/C14H12Cl2/c1-9-3-4-10(2)13(7-9)12-6-5-11(15)8-14(12)16/h3-8H,1-2H3. The van der Waals surface area contributed by atoms with E-state index >= 15 is 0 Å². The molecule has 0 heterocycles. The smallest absolute Gasteiger partial charge is 0.0499 e. The van der Waals surface area contributed by atoms with Gasteiger partial charge in [0.2, 0.25) is 0 Å². The second-order valence-corrected chi connectivity index (χ2v) is 4.79. The molecule has 0 aromatic heterocycles. The number of rotatable bonds is 1. The molecule has 0 aliphatic rings. The lowest BCUT2D eigenvalue weighted by Gasteiger charge is -2.09. The van der Waals surface area contributed by atoms with Gasteiger partial charge >= 0.3 is 0 Å². The Labute approximate surface area is 106 Å². The van der Waals surface area contributed by atoms with Gasteiger partial charge in [0.25, 0.3) is 0 Å². The first-order valence-electron chi connectivity index (χ1n) is 5.10. The van der Waals surface area contributed by atoms with Gasteiger partial charge in [-0.2, -0.15) is 0 Å². The lowest BCUT2D eigenvalue weighted by molar-refractivity contribution is 1.39. The predicted octanol–water partition coefficient (Wildman–Crippen LogP) is 5.28. The van der Waals surface area contributed by atoms with Gasteiger partial charge in [-0.05, 0) is 37.1 Å². The Kier molecular flexibility index (Phi) is 3.22. The highest BCUT2D eigenvalue weighted by molar-refractivity contribution is 6.36. The summed E-state index contributed by atoms with van der Waals surface area (Å²) in [5.41, 5.74) is 4.65. The third-order valence-electron chi connectivity index (χ3n) is 2.61. The van der Waals surface area contributed by atoms with E-state index < -0.39 is 0 Å². The van der Waals surface area contributed by atoms with Crippen LogP contribution >= 0.6 is 23.2 Å². The number of hydrogen-bond donors (Lipinski definition) is 0. The topological polar surface area (TPSA) is 0 Å². The Balaban J connectivity index is 2.62. The number of hydrogen-bond acceptors (Lipinski definition) is 0. The van der Waals surface area contributed by atoms with Gasteiger partial charge in [0.1, 0.15) is 0 Å². The monoisotopic (exact) mass is 250 g/mol. The van der Waals surface area contributed by atoms with Crippen molar-refractivity contribution in [2.75, 3.05) is 0 Å². The van der Waals surface area contributed by atoms with E-state index in [9.17, 15) is 0 Å². The van der Waals surface area contributed by atoms with Crippen LogP contribution in [-0.4, -0.2) is 0 Å². The first-order chi connectivity index (χ1) is 7.58. The van der Waals surface area contributed by atoms with Gasteiger partial charge in [0.15, 0.2) is 0 Å². The summed E-state index contributed by atoms with van der Waals surface area (Å²) in [6, 6.07) is 12.0. The molecule has 0 unspecified atom stereocenters. The van der Waals surface area contributed by atoms with Crippen LogP contribution in [0.25, 0.3) is 11.1 Å². The first-order valence-corrected chi connectivity index (χ1v) is 5.86. The second-order valence-electron chi connectivity index (χ2n) is 3.94. The predicted molar refractivity (Wildman–Crippen MR) is 71.4 cm³/mol. The molecule has 0 spiro atoms. The van der Waals surface area contributed by atoms with E-state index in [1.54, 1.807) is 6.07 Å². The average Bonchev–Trinajstić information content (AvgIpc) is 2.22. The van der Waals surface area contributed by atoms with Crippen LogP contribution in [0.5, 0.6) is 0 Å². The summed E-state index contributed by atoms with van der Waals surface area (Å²) in [7, 11) is 0. The summed E-state index contributed by atoms with van der Waals surface area (Å²) in [5.74, 6) is 0. The van der Waals surface area contributed by atoms with Crippen molar-refractivity contribution in [3.05, 3.63) is 57.6 Å². The molecule has 0 radical (unpaired) electrons. The molecule has 2 heteroatoms. The van der Waals surface area contributed by atoms with E-state index in [1.807, 2.05) is 12.1 Å². The third-order valence-corrected chi connectivity index (χ3v) is 3.16. The van der Waals surface area contributed by atoms with E-state index in [1.165, 1.54) is 16.7 Å². The quantitative estimate of drug-likeness (QED) is 0.647. The summed E-state index contributed by atoms with van der Waals surface area (Å²) in [6.07, 6.45) is 0. The van der Waals surface area contributed by atoms with E-state index in [4.69, 9.17) is 23.2 Å². The number of aryl methyl sites for hydroxylation is 2. The van der Waals surface area contributed by atoms with Crippen molar-refractivity contribution in [1.82, 2.24) is 0 Å². The molecule has 0 aliphatic heterocycles. The number of halogens is 2. The van der Waals surface area contributed by atoms with Crippen molar-refractivity contribution < 1.29 is 0 Å². The van der Waals surface area contributed by atoms with Crippen LogP contribution < -0.4 is 0 Å². The van der Waals surface area contributed by atoms with Crippen LogP contribution in [0.3, 0.4) is 0 Å². The molecule has 2 rings (SSSR count). The molecule has 0 aliphatic carbocycles. The van der Waals surface area contributed by atoms with Gasteiger partial charge in [-0.25, -0.2) is 0 Å². The molecule has 0 saturated carbocycles. The first kappa shape index (κ1) is 11.5. The van der Waals surface area contributed by atoms with E-state index in [-0.39, 0.29) is 0 Å². The van der Waals surface area contributed by atoms with Crippen molar-refractivity contribution in [3.8, 4) is 11.1 Å². The molecule has 0 bridgehead atoms. The highest BCUT2D eigenvalue weighted by atomic mass is 35.5. The summed E-state index contributed by atoms with van der Waals surface area (Å²) >= 11 is 12.1. The fraction of sp³-hybridized carbons (Fsp3) is 0.143. The molecule has 0 N–H and O–H groups in total. The minimum Gasteiger partial charge on any atom is -0.0843 e. The molecule has 0 amide bonds. The SMILES string of the molecule is Cc1ccc(C)c(-c2ccc(Cl)cc2Cl)c1. The van der Waals surface area contributed by atoms with Crippen LogP contribution in [0.4, 0.5) is 0 Å². The minimum absolute atomic E-state index is 0.666. The molecule has 2 aromatic carbocycles. The van der Waals surface area contributed by atoms with Crippen molar-refractivity contribution in [2.45, 2.75) is 13.8 Å². The Hall–Kier alpha value is -0.980. The van der Waals surface area contributed by atoms with Crippen molar-refractivity contribution in [1.29, 1.82) is 0 Å². The summed E-state index contributed by atoms with van der Waals surface area (Å²) in [6.45, 7) is 4.16. The van der Waals surface area contributed by atoms with Crippen LogP contribution in [-0.2, 0) is 0 Å². The van der Waals surface area contributed by atoms with Crippen LogP contribution in [0.1, 0.15) is 11.1 Å². The van der Waals surface area contributed by atoms with Gasteiger partial charge in [-0.15, -0.1) is 0 Å². The van der Waals surface area contributed by atoms with Crippen molar-refractivity contribution in [2.24, 2.45) is 0 Å². The van der Waals surface area contributed by atoms with E-state index in [0.717, 1.165) is 5.56 Å². The van der Waals surface area contributed by atoms with Crippen molar-refractivity contribution >= 4 is 23.2 Å². The fourth-order valence-electron chi connectivity index (χ4n) is 1.73. The molecule has 0 nitrogen and oxygen atoms in total.